The Balaban J connectivity index is 2.62. The van der Waals surface area contributed by atoms with Gasteiger partial charge in [-0.2, -0.15) is 11.8 Å². The summed E-state index contributed by atoms with van der Waals surface area (Å²) in [7, 11) is 3.20. The van der Waals surface area contributed by atoms with Crippen molar-refractivity contribution in [1.29, 1.82) is 0 Å². The van der Waals surface area contributed by atoms with Crippen molar-refractivity contribution in [2.45, 2.75) is 25.4 Å². The third-order valence-electron chi connectivity index (χ3n) is 1.98. The lowest BCUT2D eigenvalue weighted by Crippen LogP contribution is -2.08. The fourth-order valence-electron chi connectivity index (χ4n) is 1.26. The van der Waals surface area contributed by atoms with Crippen LogP contribution in [-0.4, -0.2) is 29.9 Å². The van der Waals surface area contributed by atoms with Gasteiger partial charge in [-0.25, -0.2) is 9.97 Å². The second kappa shape index (κ2) is 7.60. The minimum atomic E-state index is -0.405. The largest absolute Gasteiger partial charge is 0.350 e. The fourth-order valence-corrected chi connectivity index (χ4v) is 2.02. The molecule has 0 amide bonds. The van der Waals surface area contributed by atoms with Crippen LogP contribution in [0, 0.1) is 0 Å². The Kier molecular flexibility index (Phi) is 6.37. The van der Waals surface area contributed by atoms with Crippen LogP contribution in [0.4, 0.5) is 0 Å². The van der Waals surface area contributed by atoms with Crippen LogP contribution in [0.25, 0.3) is 0 Å². The lowest BCUT2D eigenvalue weighted by Gasteiger charge is -2.12. The number of nitrogens with zero attached hydrogens (tertiary/aromatic N) is 2. The molecule has 0 aliphatic rings. The molecule has 1 rings (SSSR count). The van der Waals surface area contributed by atoms with Crippen molar-refractivity contribution in [2.24, 2.45) is 0 Å². The summed E-state index contributed by atoms with van der Waals surface area (Å²) in [5, 5.41) is 0. The number of aromatic nitrogens is 2. The summed E-state index contributed by atoms with van der Waals surface area (Å²) in [6, 6.07) is 1.81. The number of hydrogen-bond acceptors (Lipinski definition) is 5. The van der Waals surface area contributed by atoms with Gasteiger partial charge in [0.2, 0.25) is 6.29 Å². The third-order valence-corrected chi connectivity index (χ3v) is 3.14. The van der Waals surface area contributed by atoms with Crippen LogP contribution in [0.15, 0.2) is 12.3 Å². The first-order valence-electron chi connectivity index (χ1n) is 5.27. The number of thioether (sulfide) groups is 1. The van der Waals surface area contributed by atoms with E-state index in [1.54, 1.807) is 20.4 Å². The molecule has 0 radical (unpaired) electrons. The highest BCUT2D eigenvalue weighted by atomic mass is 32.2. The molecule has 0 fully saturated rings. The number of ether oxygens (including phenoxy) is 2. The van der Waals surface area contributed by atoms with Gasteiger partial charge in [-0.15, -0.1) is 0 Å². The van der Waals surface area contributed by atoms with Gasteiger partial charge < -0.3 is 9.47 Å². The zero-order valence-corrected chi connectivity index (χ0v) is 10.8. The van der Waals surface area contributed by atoms with E-state index >= 15 is 0 Å². The molecule has 5 heteroatoms. The normalized spacial score (nSPS) is 11.0. The average Bonchev–Trinajstić information content (AvgIpc) is 2.32. The molecule has 1 aromatic heterocycles. The molecular formula is C11H18N2O2S. The van der Waals surface area contributed by atoms with E-state index in [9.17, 15) is 0 Å². The van der Waals surface area contributed by atoms with Gasteiger partial charge >= 0.3 is 0 Å². The summed E-state index contributed by atoms with van der Waals surface area (Å²) in [6.07, 6.45) is 2.51. The molecule has 0 unspecified atom stereocenters. The van der Waals surface area contributed by atoms with Crippen molar-refractivity contribution in [3.05, 3.63) is 23.8 Å². The topological polar surface area (TPSA) is 44.2 Å². The second-order valence-electron chi connectivity index (χ2n) is 3.25. The monoisotopic (exact) mass is 242 g/mol. The summed E-state index contributed by atoms with van der Waals surface area (Å²) in [4.78, 5) is 8.62. The van der Waals surface area contributed by atoms with Gasteiger partial charge in [0, 0.05) is 20.4 Å². The summed E-state index contributed by atoms with van der Waals surface area (Å²) in [5.74, 6) is 2.79. The Labute approximate surface area is 101 Å². The van der Waals surface area contributed by atoms with Crippen molar-refractivity contribution in [1.82, 2.24) is 9.97 Å². The van der Waals surface area contributed by atoms with Gasteiger partial charge in [-0.3, -0.25) is 0 Å². The number of methoxy groups -OCH3 is 2. The molecule has 16 heavy (non-hydrogen) atoms. The van der Waals surface area contributed by atoms with Gasteiger partial charge in [-0.1, -0.05) is 6.92 Å². The van der Waals surface area contributed by atoms with Crippen LogP contribution < -0.4 is 0 Å². The van der Waals surface area contributed by atoms with Crippen LogP contribution in [0.2, 0.25) is 0 Å². The molecule has 0 bridgehead atoms. The summed E-state index contributed by atoms with van der Waals surface area (Å²) < 4.78 is 10.3. The van der Waals surface area contributed by atoms with E-state index in [-0.39, 0.29) is 0 Å². The molecule has 90 valence electrons. The van der Waals surface area contributed by atoms with Gasteiger partial charge in [0.1, 0.15) is 5.82 Å². The van der Waals surface area contributed by atoms with E-state index in [1.807, 2.05) is 17.8 Å². The maximum absolute atomic E-state index is 5.15. The molecule has 0 atom stereocenters. The van der Waals surface area contributed by atoms with Crippen molar-refractivity contribution in [2.75, 3.05) is 20.0 Å². The van der Waals surface area contributed by atoms with Crippen LogP contribution in [0.3, 0.4) is 0 Å². The Hall–Kier alpha value is -0.650. The molecule has 1 aromatic rings. The standard InChI is InChI=1S/C11H18N2O2S/c1-4-7-16-8-10-12-6-5-9(13-10)11(14-2)15-3/h5-6,11H,4,7-8H2,1-3H3. The zero-order valence-electron chi connectivity index (χ0n) is 9.97. The van der Waals surface area contributed by atoms with E-state index in [4.69, 9.17) is 9.47 Å². The Bertz CT molecular complexity index is 306. The van der Waals surface area contributed by atoms with Crippen LogP contribution in [0.5, 0.6) is 0 Å². The zero-order chi connectivity index (χ0) is 11.8. The quantitative estimate of drug-likeness (QED) is 0.542. The third kappa shape index (κ3) is 4.08. The van der Waals surface area contributed by atoms with E-state index in [2.05, 4.69) is 16.9 Å². The molecule has 1 heterocycles. The highest BCUT2D eigenvalue weighted by Gasteiger charge is 2.11. The second-order valence-corrected chi connectivity index (χ2v) is 4.36. The molecule has 0 aliphatic heterocycles. The Morgan fingerprint density at radius 3 is 2.75 bits per heavy atom. The molecule has 0 aliphatic carbocycles. The van der Waals surface area contributed by atoms with Crippen LogP contribution >= 0.6 is 11.8 Å². The predicted octanol–water partition coefficient (Wildman–Crippen LogP) is 2.41. The molecular weight excluding hydrogens is 224 g/mol. The number of hydrogen-bond donors (Lipinski definition) is 0. The van der Waals surface area contributed by atoms with Crippen molar-refractivity contribution >= 4 is 11.8 Å². The maximum atomic E-state index is 5.15. The minimum Gasteiger partial charge on any atom is -0.350 e. The predicted molar refractivity (Wildman–Crippen MR) is 65.2 cm³/mol. The molecule has 0 aromatic carbocycles. The van der Waals surface area contributed by atoms with Crippen molar-refractivity contribution in [3.63, 3.8) is 0 Å². The van der Waals surface area contributed by atoms with Gasteiger partial charge in [0.05, 0.1) is 11.4 Å². The maximum Gasteiger partial charge on any atom is 0.200 e. The average molecular weight is 242 g/mol. The van der Waals surface area contributed by atoms with E-state index < -0.39 is 6.29 Å². The summed E-state index contributed by atoms with van der Waals surface area (Å²) in [5.41, 5.74) is 0.770. The van der Waals surface area contributed by atoms with Crippen LogP contribution in [-0.2, 0) is 15.2 Å². The first-order valence-corrected chi connectivity index (χ1v) is 6.42. The molecule has 0 spiro atoms. The first kappa shape index (κ1) is 13.4. The van der Waals surface area contributed by atoms with E-state index in [1.165, 1.54) is 6.42 Å². The highest BCUT2D eigenvalue weighted by Crippen LogP contribution is 2.16. The van der Waals surface area contributed by atoms with E-state index in [0.717, 1.165) is 23.0 Å². The smallest absolute Gasteiger partial charge is 0.200 e. The van der Waals surface area contributed by atoms with Gasteiger partial charge in [0.15, 0.2) is 0 Å². The van der Waals surface area contributed by atoms with Gasteiger partial charge in [0.25, 0.3) is 0 Å². The molecule has 4 nitrogen and oxygen atoms in total. The molecule has 0 N–H and O–H groups in total. The number of rotatable bonds is 7. The van der Waals surface area contributed by atoms with Crippen molar-refractivity contribution in [3.8, 4) is 0 Å². The molecule has 0 saturated carbocycles. The van der Waals surface area contributed by atoms with Crippen LogP contribution in [0.1, 0.15) is 31.2 Å². The minimum absolute atomic E-state index is 0.405. The lowest BCUT2D eigenvalue weighted by atomic mass is 10.4. The SMILES string of the molecule is CCCSCc1nccc(C(OC)OC)n1. The van der Waals surface area contributed by atoms with E-state index in [0.29, 0.717) is 0 Å². The summed E-state index contributed by atoms with van der Waals surface area (Å²) in [6.45, 7) is 2.16. The summed E-state index contributed by atoms with van der Waals surface area (Å²) >= 11 is 1.84. The van der Waals surface area contributed by atoms with Crippen molar-refractivity contribution < 1.29 is 9.47 Å². The molecule has 0 saturated heterocycles. The fraction of sp³-hybridized carbons (Fsp3) is 0.636. The Morgan fingerprint density at radius 1 is 1.38 bits per heavy atom. The Morgan fingerprint density at radius 2 is 2.12 bits per heavy atom. The van der Waals surface area contributed by atoms with Gasteiger partial charge in [-0.05, 0) is 18.2 Å². The lowest BCUT2D eigenvalue weighted by molar-refractivity contribution is -0.108. The highest BCUT2D eigenvalue weighted by molar-refractivity contribution is 7.98. The first-order chi connectivity index (χ1) is 7.81.